The van der Waals surface area contributed by atoms with Gasteiger partial charge >= 0.3 is 0 Å². The summed E-state index contributed by atoms with van der Waals surface area (Å²) in [5, 5.41) is 20.9. The second-order valence-electron chi connectivity index (χ2n) is 10.8. The minimum Gasteiger partial charge on any atom is -0.391 e. The van der Waals surface area contributed by atoms with Gasteiger partial charge in [0.05, 0.1) is 12.3 Å². The van der Waals surface area contributed by atoms with Gasteiger partial charge in [-0.1, -0.05) is 80.6 Å². The van der Waals surface area contributed by atoms with Gasteiger partial charge in [0.2, 0.25) is 17.7 Å². The molecule has 1 saturated heterocycles. The summed E-state index contributed by atoms with van der Waals surface area (Å²) in [6.07, 6.45) is 2.47. The maximum atomic E-state index is 13.7. The number of nitrogens with two attached hydrogens (primary N) is 1. The molecule has 2 aromatic carbocycles. The van der Waals surface area contributed by atoms with Crippen LogP contribution in [0.25, 0.3) is 11.1 Å². The number of carbonyl (C=O) groups is 3. The summed E-state index contributed by atoms with van der Waals surface area (Å²) in [5.74, 6) is -1.57. The standard InChI is InChI=1S/C28H34N6O4/c1-28(2,3)24(34-14-13-30-32-34)27(38)33-17-21(35)16-23(33)26(37)31-22(25(29)36)15-18-9-11-20(12-10-18)19-7-5-4-6-8-19/h4-14,21-24,35H,15-17H2,1-3H3,(H2,29,36)(H,31,37)/t21-,22-,23+,24-/m1/s1. The van der Waals surface area contributed by atoms with Crippen molar-refractivity contribution in [2.24, 2.45) is 11.1 Å². The SMILES string of the molecule is CC(C)(C)[C@@H](C(=O)N1C[C@H](O)C[C@H]1C(=O)N[C@H](Cc1ccc(-c2ccccc2)cc1)C(N)=O)n1ccnn1. The molecule has 4 atom stereocenters. The fourth-order valence-corrected chi connectivity index (χ4v) is 4.89. The first-order valence-electron chi connectivity index (χ1n) is 12.6. The van der Waals surface area contributed by atoms with E-state index in [1.807, 2.05) is 75.4 Å². The van der Waals surface area contributed by atoms with E-state index in [2.05, 4.69) is 15.6 Å². The molecule has 3 aromatic rings. The number of primary amides is 1. The van der Waals surface area contributed by atoms with Crippen molar-refractivity contribution in [1.29, 1.82) is 0 Å². The van der Waals surface area contributed by atoms with Crippen LogP contribution in [0.5, 0.6) is 0 Å². The Bertz CT molecular complexity index is 1250. The van der Waals surface area contributed by atoms with Gasteiger partial charge < -0.3 is 21.1 Å². The number of hydrogen-bond donors (Lipinski definition) is 3. The van der Waals surface area contributed by atoms with Crippen LogP contribution in [-0.4, -0.2) is 67.5 Å². The number of nitrogens with zero attached hydrogens (tertiary/aromatic N) is 4. The lowest BCUT2D eigenvalue weighted by molar-refractivity contribution is -0.144. The van der Waals surface area contributed by atoms with Gasteiger partial charge in [-0.2, -0.15) is 0 Å². The normalized spacial score (nSPS) is 19.1. The van der Waals surface area contributed by atoms with E-state index in [9.17, 15) is 19.5 Å². The number of nitrogens with one attached hydrogen (secondary N) is 1. The number of benzene rings is 2. The molecule has 4 N–H and O–H groups in total. The van der Waals surface area contributed by atoms with Crippen LogP contribution in [0.3, 0.4) is 0 Å². The summed E-state index contributed by atoms with van der Waals surface area (Å²) in [6, 6.07) is 14.9. The van der Waals surface area contributed by atoms with Crippen LogP contribution in [-0.2, 0) is 20.8 Å². The zero-order valence-electron chi connectivity index (χ0n) is 21.8. The van der Waals surface area contributed by atoms with Crippen molar-refractivity contribution in [2.45, 2.75) is 57.8 Å². The second kappa shape index (κ2) is 11.1. The lowest BCUT2D eigenvalue weighted by Crippen LogP contribution is -2.54. The maximum absolute atomic E-state index is 13.7. The molecule has 4 rings (SSSR count). The molecule has 0 saturated carbocycles. The Morgan fingerprint density at radius 1 is 1.08 bits per heavy atom. The number of likely N-dealkylation sites (tertiary alicyclic amines) is 1. The molecule has 0 bridgehead atoms. The van der Waals surface area contributed by atoms with Crippen LogP contribution in [0.15, 0.2) is 67.0 Å². The van der Waals surface area contributed by atoms with E-state index in [1.165, 1.54) is 15.8 Å². The first-order valence-corrected chi connectivity index (χ1v) is 12.6. The summed E-state index contributed by atoms with van der Waals surface area (Å²) in [5.41, 5.74) is 8.03. The molecule has 0 radical (unpaired) electrons. The second-order valence-corrected chi connectivity index (χ2v) is 10.8. The molecular weight excluding hydrogens is 484 g/mol. The fourth-order valence-electron chi connectivity index (χ4n) is 4.89. The number of aromatic nitrogens is 3. The molecule has 1 aromatic heterocycles. The van der Waals surface area contributed by atoms with Gasteiger partial charge in [-0.25, -0.2) is 4.68 Å². The van der Waals surface area contributed by atoms with Crippen LogP contribution < -0.4 is 11.1 Å². The Balaban J connectivity index is 1.49. The molecule has 10 nitrogen and oxygen atoms in total. The Morgan fingerprint density at radius 2 is 1.74 bits per heavy atom. The minimum atomic E-state index is -0.978. The zero-order chi connectivity index (χ0) is 27.4. The van der Waals surface area contributed by atoms with Gasteiger partial charge in [-0.15, -0.1) is 5.10 Å². The average Bonchev–Trinajstić information content (AvgIpc) is 3.53. The molecule has 0 unspecified atom stereocenters. The molecule has 2 heterocycles. The summed E-state index contributed by atoms with van der Waals surface area (Å²) in [7, 11) is 0. The summed E-state index contributed by atoms with van der Waals surface area (Å²) in [6.45, 7) is 5.68. The quantitative estimate of drug-likeness (QED) is 0.414. The van der Waals surface area contributed by atoms with Crippen molar-refractivity contribution in [1.82, 2.24) is 25.2 Å². The largest absolute Gasteiger partial charge is 0.391 e. The van der Waals surface area contributed by atoms with E-state index < -0.39 is 41.5 Å². The minimum absolute atomic E-state index is 0.000380. The highest BCUT2D eigenvalue weighted by Gasteiger charge is 2.45. The molecule has 10 heteroatoms. The van der Waals surface area contributed by atoms with E-state index in [0.717, 1.165) is 16.7 Å². The Kier molecular flexibility index (Phi) is 7.91. The van der Waals surface area contributed by atoms with Gasteiger partial charge in [0, 0.05) is 25.6 Å². The zero-order valence-corrected chi connectivity index (χ0v) is 21.8. The highest BCUT2D eigenvalue weighted by Crippen LogP contribution is 2.34. The van der Waals surface area contributed by atoms with Crippen LogP contribution in [0.1, 0.15) is 38.8 Å². The van der Waals surface area contributed by atoms with Gasteiger partial charge in [0.15, 0.2) is 0 Å². The lowest BCUT2D eigenvalue weighted by atomic mass is 9.85. The molecule has 3 amide bonds. The van der Waals surface area contributed by atoms with Crippen LogP contribution >= 0.6 is 0 Å². The van der Waals surface area contributed by atoms with Crippen molar-refractivity contribution in [2.75, 3.05) is 6.54 Å². The van der Waals surface area contributed by atoms with Gasteiger partial charge in [-0.3, -0.25) is 14.4 Å². The number of β-amino-alcohol motifs (C(OH)–C–C–N with tert-alkyl or cyclic N) is 1. The summed E-state index contributed by atoms with van der Waals surface area (Å²) in [4.78, 5) is 40.7. The van der Waals surface area contributed by atoms with Gasteiger partial charge in [0.1, 0.15) is 18.1 Å². The number of carbonyl (C=O) groups excluding carboxylic acids is 3. The van der Waals surface area contributed by atoms with E-state index in [4.69, 9.17) is 5.73 Å². The van der Waals surface area contributed by atoms with E-state index in [0.29, 0.717) is 0 Å². The smallest absolute Gasteiger partial charge is 0.248 e. The fraction of sp³-hybridized carbons (Fsp3) is 0.393. The molecule has 38 heavy (non-hydrogen) atoms. The van der Waals surface area contributed by atoms with Crippen molar-refractivity contribution >= 4 is 17.7 Å². The number of amides is 3. The predicted octanol–water partition coefficient (Wildman–Crippen LogP) is 1.71. The number of hydrogen-bond acceptors (Lipinski definition) is 6. The van der Waals surface area contributed by atoms with Crippen molar-refractivity contribution in [3.8, 4) is 11.1 Å². The highest BCUT2D eigenvalue weighted by molar-refractivity contribution is 5.93. The number of rotatable bonds is 8. The van der Waals surface area contributed by atoms with Crippen molar-refractivity contribution in [3.05, 3.63) is 72.6 Å². The average molecular weight is 519 g/mol. The molecule has 1 aliphatic rings. The lowest BCUT2D eigenvalue weighted by Gasteiger charge is -2.34. The van der Waals surface area contributed by atoms with E-state index in [1.54, 1.807) is 6.20 Å². The predicted molar refractivity (Wildman–Crippen MR) is 141 cm³/mol. The molecule has 0 aliphatic carbocycles. The van der Waals surface area contributed by atoms with Crippen molar-refractivity contribution < 1.29 is 19.5 Å². The Hall–Kier alpha value is -4.05. The molecule has 1 aliphatic heterocycles. The first kappa shape index (κ1) is 27.0. The monoisotopic (exact) mass is 518 g/mol. The summed E-state index contributed by atoms with van der Waals surface area (Å²) >= 11 is 0. The maximum Gasteiger partial charge on any atom is 0.248 e. The molecule has 1 fully saturated rings. The summed E-state index contributed by atoms with van der Waals surface area (Å²) < 4.78 is 1.47. The third-order valence-electron chi connectivity index (χ3n) is 6.79. The molecule has 200 valence electrons. The third kappa shape index (κ3) is 6.08. The number of aliphatic hydroxyl groups is 1. The van der Waals surface area contributed by atoms with E-state index in [-0.39, 0.29) is 25.3 Å². The molecule has 0 spiro atoms. The molecular formula is C28H34N6O4. The van der Waals surface area contributed by atoms with Gasteiger partial charge in [0.25, 0.3) is 0 Å². The van der Waals surface area contributed by atoms with Crippen LogP contribution in [0.4, 0.5) is 0 Å². The Morgan fingerprint density at radius 3 is 2.32 bits per heavy atom. The van der Waals surface area contributed by atoms with E-state index >= 15 is 0 Å². The third-order valence-corrected chi connectivity index (χ3v) is 6.79. The van der Waals surface area contributed by atoms with Crippen LogP contribution in [0, 0.1) is 5.41 Å². The highest BCUT2D eigenvalue weighted by atomic mass is 16.3. The van der Waals surface area contributed by atoms with Crippen LogP contribution in [0.2, 0.25) is 0 Å². The first-order chi connectivity index (χ1) is 18.0. The Labute approximate surface area is 221 Å². The number of aliphatic hydroxyl groups excluding tert-OH is 1. The van der Waals surface area contributed by atoms with Crippen molar-refractivity contribution in [3.63, 3.8) is 0 Å². The van der Waals surface area contributed by atoms with Gasteiger partial charge in [-0.05, 0) is 22.1 Å². The topological polar surface area (TPSA) is 143 Å².